The van der Waals surface area contributed by atoms with Crippen LogP contribution < -0.4 is 10.0 Å². The van der Waals surface area contributed by atoms with E-state index in [2.05, 4.69) is 19.2 Å². The van der Waals surface area contributed by atoms with E-state index in [1.807, 2.05) is 20.8 Å². The molecule has 0 saturated carbocycles. The Morgan fingerprint density at radius 3 is 2.62 bits per heavy atom. The Labute approximate surface area is 153 Å². The summed E-state index contributed by atoms with van der Waals surface area (Å²) in [6, 6.07) is 5.12. The summed E-state index contributed by atoms with van der Waals surface area (Å²) in [6.45, 7) is 13.1. The molecule has 0 spiro atoms. The summed E-state index contributed by atoms with van der Waals surface area (Å²) < 4.78 is 7.12. The van der Waals surface area contributed by atoms with Crippen molar-refractivity contribution < 1.29 is 18.7 Å². The summed E-state index contributed by atoms with van der Waals surface area (Å²) >= 11 is 0. The second kappa shape index (κ2) is 6.39. The highest BCUT2D eigenvalue weighted by atomic mass is 16.6. The van der Waals surface area contributed by atoms with Crippen LogP contribution in [0.3, 0.4) is 0 Å². The molecule has 3 rings (SSSR count). The highest BCUT2D eigenvalue weighted by molar-refractivity contribution is 5.88. The number of rotatable bonds is 3. The number of carbonyl (C=O) groups is 1. The highest BCUT2D eigenvalue weighted by Gasteiger charge is 2.40. The second-order valence-electron chi connectivity index (χ2n) is 7.92. The molecule has 1 N–H and O–H groups in total. The van der Waals surface area contributed by atoms with Crippen molar-refractivity contribution >= 4 is 22.8 Å². The molecule has 1 aliphatic heterocycles. The van der Waals surface area contributed by atoms with Crippen LogP contribution in [0.1, 0.15) is 46.0 Å². The maximum absolute atomic E-state index is 12.8. The minimum atomic E-state index is -0.570. The molecule has 1 aromatic heterocycles. The van der Waals surface area contributed by atoms with E-state index in [1.165, 1.54) is 0 Å². The zero-order valence-electron chi connectivity index (χ0n) is 16.1. The van der Waals surface area contributed by atoms with Crippen LogP contribution in [-0.4, -0.2) is 34.3 Å². The number of quaternary nitrogens is 1. The summed E-state index contributed by atoms with van der Waals surface area (Å²) in [5.41, 5.74) is 2.70. The van der Waals surface area contributed by atoms with Crippen molar-refractivity contribution in [1.29, 1.82) is 0 Å². The topological polar surface area (TPSA) is 78.2 Å². The smallest absolute Gasteiger partial charge is 0.412 e. The van der Waals surface area contributed by atoms with Crippen molar-refractivity contribution in [2.75, 3.05) is 18.4 Å². The Hall–Kier alpha value is -2.41. The van der Waals surface area contributed by atoms with E-state index in [9.17, 15) is 10.0 Å². The molecular formula is C19H27N4O3+. The minimum Gasteiger partial charge on any atom is -0.618 e. The first kappa shape index (κ1) is 18.4. The third-order valence-corrected chi connectivity index (χ3v) is 4.99. The molecule has 0 fully saturated rings. The Balaban J connectivity index is 1.93. The van der Waals surface area contributed by atoms with Gasteiger partial charge in [0, 0.05) is 11.8 Å². The fourth-order valence-electron chi connectivity index (χ4n) is 3.40. The molecule has 1 aliphatic rings. The van der Waals surface area contributed by atoms with Crippen LogP contribution in [-0.2, 0) is 17.8 Å². The van der Waals surface area contributed by atoms with E-state index in [0.717, 1.165) is 40.2 Å². The number of anilines is 1. The van der Waals surface area contributed by atoms with Crippen LogP contribution in [0, 0.1) is 5.21 Å². The van der Waals surface area contributed by atoms with Gasteiger partial charge in [0.15, 0.2) is 12.2 Å². The number of fused-ring (bicyclic) bond motifs is 2. The zero-order chi connectivity index (χ0) is 19.1. The number of hydrogen-bond acceptors (Lipinski definition) is 4. The van der Waals surface area contributed by atoms with Gasteiger partial charge in [-0.2, -0.15) is 4.73 Å². The molecule has 0 unspecified atom stereocenters. The maximum Gasteiger partial charge on any atom is 0.412 e. The van der Waals surface area contributed by atoms with E-state index < -0.39 is 11.7 Å². The van der Waals surface area contributed by atoms with E-state index in [0.29, 0.717) is 23.3 Å². The van der Waals surface area contributed by atoms with Gasteiger partial charge in [-0.25, -0.2) is 9.78 Å². The Morgan fingerprint density at radius 2 is 2.00 bits per heavy atom. The number of ether oxygens (including phenoxy) is 1. The molecule has 140 valence electrons. The zero-order valence-corrected chi connectivity index (χ0v) is 16.1. The van der Waals surface area contributed by atoms with Crippen LogP contribution in [0.4, 0.5) is 10.5 Å². The van der Waals surface area contributed by atoms with Crippen LogP contribution in [0.5, 0.6) is 0 Å². The van der Waals surface area contributed by atoms with E-state index in [4.69, 9.17) is 9.72 Å². The predicted molar refractivity (Wildman–Crippen MR) is 99.3 cm³/mol. The molecule has 2 aromatic rings. The molecule has 26 heavy (non-hydrogen) atoms. The number of aromatic nitrogens is 2. The van der Waals surface area contributed by atoms with Crippen LogP contribution >= 0.6 is 0 Å². The van der Waals surface area contributed by atoms with E-state index in [1.54, 1.807) is 18.2 Å². The molecule has 0 atom stereocenters. The third kappa shape index (κ3) is 3.44. The molecule has 1 amide bonds. The minimum absolute atomic E-state index is 0.519. The predicted octanol–water partition coefficient (Wildman–Crippen LogP) is 3.09. The molecule has 2 heterocycles. The molecular weight excluding hydrogens is 332 g/mol. The molecule has 7 heteroatoms. The lowest BCUT2D eigenvalue weighted by Gasteiger charge is -2.30. The lowest BCUT2D eigenvalue weighted by atomic mass is 10.2. The SMILES string of the molecule is CC[N+]1(CC)Cc2nc3cc(NC(=O)OC(C)(C)C)ccc3[n+]([O-])c2C1. The van der Waals surface area contributed by atoms with Gasteiger partial charge in [0.2, 0.25) is 5.52 Å². The van der Waals surface area contributed by atoms with Crippen molar-refractivity contribution in [3.8, 4) is 0 Å². The van der Waals surface area contributed by atoms with Gasteiger partial charge in [0.1, 0.15) is 17.7 Å². The normalized spacial score (nSPS) is 15.7. The average molecular weight is 359 g/mol. The fraction of sp³-hybridized carbons (Fsp3) is 0.526. The van der Waals surface area contributed by atoms with Crippen molar-refractivity contribution in [1.82, 2.24) is 4.98 Å². The number of nitrogens with zero attached hydrogens (tertiary/aromatic N) is 3. The Kier molecular flexibility index (Phi) is 4.52. The summed E-state index contributed by atoms with van der Waals surface area (Å²) in [6.07, 6.45) is -0.527. The Bertz CT molecular complexity index is 854. The second-order valence-corrected chi connectivity index (χ2v) is 7.92. The van der Waals surface area contributed by atoms with Gasteiger partial charge < -0.3 is 14.4 Å². The maximum atomic E-state index is 12.8. The lowest BCUT2D eigenvalue weighted by molar-refractivity contribution is -0.947. The molecule has 1 aromatic carbocycles. The molecule has 7 nitrogen and oxygen atoms in total. The first-order valence-electron chi connectivity index (χ1n) is 9.06. The number of benzene rings is 1. The van der Waals surface area contributed by atoms with Gasteiger partial charge in [-0.05, 0) is 46.8 Å². The van der Waals surface area contributed by atoms with Gasteiger partial charge in [0.05, 0.1) is 13.1 Å². The third-order valence-electron chi connectivity index (χ3n) is 4.99. The highest BCUT2D eigenvalue weighted by Crippen LogP contribution is 2.28. The van der Waals surface area contributed by atoms with Gasteiger partial charge >= 0.3 is 6.09 Å². The quantitative estimate of drug-likeness (QED) is 0.519. The van der Waals surface area contributed by atoms with Crippen molar-refractivity contribution in [3.63, 3.8) is 0 Å². The molecule has 0 bridgehead atoms. The standard InChI is InChI=1S/C19H26N4O3/c1-6-23(7-2)11-15-17(12-23)22(25)16-9-8-13(10-14(16)21-15)20-18(24)26-19(3,4)5/h8-10H,6-7,11-12H2,1-5H3/p+1. The number of amides is 1. The summed E-state index contributed by atoms with van der Waals surface area (Å²) in [5, 5.41) is 15.5. The summed E-state index contributed by atoms with van der Waals surface area (Å²) in [7, 11) is 0. The summed E-state index contributed by atoms with van der Waals surface area (Å²) in [4.78, 5) is 16.7. The van der Waals surface area contributed by atoms with Crippen molar-refractivity contribution in [2.45, 2.75) is 53.3 Å². The number of nitrogens with one attached hydrogen (secondary N) is 1. The van der Waals surface area contributed by atoms with Crippen LogP contribution in [0.2, 0.25) is 0 Å². The number of carbonyl (C=O) groups excluding carboxylic acids is 1. The first-order chi connectivity index (χ1) is 12.2. The van der Waals surface area contributed by atoms with Gasteiger partial charge in [-0.1, -0.05) is 0 Å². The molecule has 0 radical (unpaired) electrons. The van der Waals surface area contributed by atoms with E-state index in [-0.39, 0.29) is 0 Å². The van der Waals surface area contributed by atoms with Crippen molar-refractivity contribution in [3.05, 3.63) is 34.8 Å². The van der Waals surface area contributed by atoms with Gasteiger partial charge in [0.25, 0.3) is 5.69 Å². The van der Waals surface area contributed by atoms with E-state index >= 15 is 0 Å². The summed E-state index contributed by atoms with van der Waals surface area (Å²) in [5.74, 6) is 0. The van der Waals surface area contributed by atoms with Crippen LogP contribution in [0.25, 0.3) is 11.0 Å². The monoisotopic (exact) mass is 359 g/mol. The fourth-order valence-corrected chi connectivity index (χ4v) is 3.40. The van der Waals surface area contributed by atoms with Crippen LogP contribution in [0.15, 0.2) is 18.2 Å². The van der Waals surface area contributed by atoms with Gasteiger partial charge in [-0.15, -0.1) is 0 Å². The first-order valence-corrected chi connectivity index (χ1v) is 9.06. The lowest BCUT2D eigenvalue weighted by Crippen LogP contribution is -2.43. The average Bonchev–Trinajstić information content (AvgIpc) is 2.93. The largest absolute Gasteiger partial charge is 0.618 e. The van der Waals surface area contributed by atoms with Crippen molar-refractivity contribution in [2.24, 2.45) is 0 Å². The Morgan fingerprint density at radius 1 is 1.31 bits per heavy atom. The molecule has 0 aliphatic carbocycles. The van der Waals surface area contributed by atoms with Gasteiger partial charge in [-0.3, -0.25) is 5.32 Å². The molecule has 0 saturated heterocycles. The number of hydrogen-bond donors (Lipinski definition) is 1.